The molecule has 7 nitrogen and oxygen atoms in total. The van der Waals surface area contributed by atoms with Crippen molar-refractivity contribution in [1.82, 2.24) is 19.3 Å². The van der Waals surface area contributed by atoms with Gasteiger partial charge in [-0.3, -0.25) is 9.36 Å². The smallest absolute Gasteiger partial charge is 0.196 e. The summed E-state index contributed by atoms with van der Waals surface area (Å²) in [6, 6.07) is 19.2. The maximum absolute atomic E-state index is 13.1. The fourth-order valence-electron chi connectivity index (χ4n) is 3.84. The van der Waals surface area contributed by atoms with Crippen molar-refractivity contribution in [3.63, 3.8) is 0 Å². The average molecular weight is 489 g/mol. The van der Waals surface area contributed by atoms with E-state index in [-0.39, 0.29) is 18.1 Å². The molecule has 0 saturated heterocycles. The van der Waals surface area contributed by atoms with Crippen LogP contribution in [0.2, 0.25) is 0 Å². The molecule has 0 fully saturated rings. The number of aromatic nitrogens is 4. The summed E-state index contributed by atoms with van der Waals surface area (Å²) >= 11 is 1.37. The summed E-state index contributed by atoms with van der Waals surface area (Å²) in [5, 5.41) is 9.38. The Labute approximate surface area is 209 Å². The summed E-state index contributed by atoms with van der Waals surface area (Å²) in [5.74, 6) is 2.41. The topological polar surface area (TPSA) is 71.2 Å². The molecule has 0 amide bonds. The van der Waals surface area contributed by atoms with Crippen LogP contribution in [0.15, 0.2) is 78.5 Å². The number of hydrogen-bond donors (Lipinski definition) is 0. The highest BCUT2D eigenvalue weighted by atomic mass is 32.2. The van der Waals surface area contributed by atoms with Gasteiger partial charge in [0.2, 0.25) is 0 Å². The SMILES string of the molecule is C=CCn1c(C)cc(C(=O)CSc2nnc(COc3ccc(OC)cc3)n2-c2ccccc2)c1C. The number of para-hydroxylation sites is 1. The van der Waals surface area contributed by atoms with Crippen molar-refractivity contribution >= 4 is 17.5 Å². The second kappa shape index (κ2) is 11.1. The quantitative estimate of drug-likeness (QED) is 0.159. The lowest BCUT2D eigenvalue weighted by Gasteiger charge is -2.11. The molecular weight excluding hydrogens is 460 g/mol. The number of allylic oxidation sites excluding steroid dienone is 1. The van der Waals surface area contributed by atoms with Crippen LogP contribution in [0.3, 0.4) is 0 Å². The second-order valence-corrected chi connectivity index (χ2v) is 8.87. The molecule has 0 aliphatic rings. The Morgan fingerprint density at radius 2 is 1.77 bits per heavy atom. The zero-order chi connectivity index (χ0) is 24.8. The molecule has 0 aliphatic heterocycles. The normalized spacial score (nSPS) is 10.8. The van der Waals surface area contributed by atoms with E-state index >= 15 is 0 Å². The summed E-state index contributed by atoms with van der Waals surface area (Å²) in [7, 11) is 1.63. The van der Waals surface area contributed by atoms with Crippen LogP contribution in [0, 0.1) is 13.8 Å². The van der Waals surface area contributed by atoms with Gasteiger partial charge in [0, 0.05) is 29.2 Å². The number of aryl methyl sites for hydroxylation is 1. The summed E-state index contributed by atoms with van der Waals surface area (Å²) < 4.78 is 15.2. The van der Waals surface area contributed by atoms with Crippen LogP contribution in [0.1, 0.15) is 27.6 Å². The molecular formula is C27H28N4O3S. The lowest BCUT2D eigenvalue weighted by atomic mass is 10.2. The van der Waals surface area contributed by atoms with Crippen LogP contribution >= 0.6 is 11.8 Å². The molecule has 0 radical (unpaired) electrons. The molecule has 2 aromatic heterocycles. The van der Waals surface area contributed by atoms with E-state index in [9.17, 15) is 4.79 Å². The number of ether oxygens (including phenoxy) is 2. The first-order chi connectivity index (χ1) is 17.0. The first kappa shape index (κ1) is 24.3. The number of carbonyl (C=O) groups is 1. The van der Waals surface area contributed by atoms with Gasteiger partial charge in [-0.1, -0.05) is 36.0 Å². The van der Waals surface area contributed by atoms with E-state index in [0.29, 0.717) is 23.3 Å². The van der Waals surface area contributed by atoms with Crippen LogP contribution in [-0.2, 0) is 13.2 Å². The van der Waals surface area contributed by atoms with Crippen LogP contribution in [0.5, 0.6) is 11.5 Å². The van der Waals surface area contributed by atoms with Gasteiger partial charge < -0.3 is 14.0 Å². The molecule has 0 atom stereocenters. The summed E-state index contributed by atoms with van der Waals surface area (Å²) in [5.41, 5.74) is 3.63. The van der Waals surface area contributed by atoms with Gasteiger partial charge in [-0.25, -0.2) is 0 Å². The molecule has 0 bridgehead atoms. The third kappa shape index (κ3) is 5.49. The Balaban J connectivity index is 1.53. The van der Waals surface area contributed by atoms with Crippen molar-refractivity contribution in [3.8, 4) is 17.2 Å². The van der Waals surface area contributed by atoms with Crippen molar-refractivity contribution in [2.45, 2.75) is 32.2 Å². The third-order valence-electron chi connectivity index (χ3n) is 5.66. The van der Waals surface area contributed by atoms with E-state index < -0.39 is 0 Å². The van der Waals surface area contributed by atoms with Gasteiger partial charge in [0.1, 0.15) is 18.1 Å². The van der Waals surface area contributed by atoms with E-state index in [2.05, 4.69) is 21.3 Å². The van der Waals surface area contributed by atoms with Crippen molar-refractivity contribution in [3.05, 3.63) is 96.1 Å². The molecule has 35 heavy (non-hydrogen) atoms. The van der Waals surface area contributed by atoms with E-state index in [0.717, 1.165) is 28.4 Å². The first-order valence-electron chi connectivity index (χ1n) is 11.2. The Hall–Kier alpha value is -3.78. The zero-order valence-electron chi connectivity index (χ0n) is 20.1. The van der Waals surface area contributed by atoms with E-state index in [1.54, 1.807) is 7.11 Å². The number of benzene rings is 2. The molecule has 0 aliphatic carbocycles. The highest BCUT2D eigenvalue weighted by molar-refractivity contribution is 7.99. The molecule has 8 heteroatoms. The number of carbonyl (C=O) groups excluding carboxylic acids is 1. The molecule has 0 N–H and O–H groups in total. The van der Waals surface area contributed by atoms with Crippen LogP contribution in [0.4, 0.5) is 0 Å². The molecule has 2 aromatic carbocycles. The van der Waals surface area contributed by atoms with Crippen molar-refractivity contribution in [2.24, 2.45) is 0 Å². The standard InChI is InChI=1S/C27H28N4O3S/c1-5-15-30-19(2)16-24(20(30)3)25(32)18-35-27-29-28-26(31(27)21-9-7-6-8-10-21)17-34-23-13-11-22(33-4)12-14-23/h5-14,16H,1,15,17-18H2,2-4H3. The van der Waals surface area contributed by atoms with Gasteiger partial charge in [0.15, 0.2) is 16.8 Å². The molecule has 0 saturated carbocycles. The fourth-order valence-corrected chi connectivity index (χ4v) is 4.70. The number of rotatable bonds is 11. The molecule has 4 rings (SSSR count). The lowest BCUT2D eigenvalue weighted by Crippen LogP contribution is -2.09. The fraction of sp³-hybridized carbons (Fsp3) is 0.222. The van der Waals surface area contributed by atoms with Gasteiger partial charge >= 0.3 is 0 Å². The maximum Gasteiger partial charge on any atom is 0.196 e. The van der Waals surface area contributed by atoms with Gasteiger partial charge in [-0.15, -0.1) is 16.8 Å². The van der Waals surface area contributed by atoms with E-state index in [1.807, 2.05) is 85.2 Å². The van der Waals surface area contributed by atoms with Crippen molar-refractivity contribution in [1.29, 1.82) is 0 Å². The minimum absolute atomic E-state index is 0.0528. The number of thioether (sulfide) groups is 1. The average Bonchev–Trinajstić information content (AvgIpc) is 3.42. The maximum atomic E-state index is 13.1. The number of ketones is 1. The molecule has 4 aromatic rings. The third-order valence-corrected chi connectivity index (χ3v) is 6.59. The van der Waals surface area contributed by atoms with Gasteiger partial charge in [0.25, 0.3) is 0 Å². The summed E-state index contributed by atoms with van der Waals surface area (Å²) in [6.07, 6.45) is 1.83. The molecule has 2 heterocycles. The predicted octanol–water partition coefficient (Wildman–Crippen LogP) is 5.43. The number of hydrogen-bond acceptors (Lipinski definition) is 6. The number of methoxy groups -OCH3 is 1. The summed E-state index contributed by atoms with van der Waals surface area (Å²) in [6.45, 7) is 8.68. The Bertz CT molecular complexity index is 1310. The first-order valence-corrected chi connectivity index (χ1v) is 12.2. The van der Waals surface area contributed by atoms with Gasteiger partial charge in [0.05, 0.1) is 12.9 Å². The minimum Gasteiger partial charge on any atom is -0.497 e. The number of Topliss-reactive ketones (excluding diaryl/α,β-unsaturated/α-hetero) is 1. The minimum atomic E-state index is 0.0528. The zero-order valence-corrected chi connectivity index (χ0v) is 20.9. The van der Waals surface area contributed by atoms with Gasteiger partial charge in [-0.05, 0) is 56.3 Å². The van der Waals surface area contributed by atoms with Gasteiger partial charge in [-0.2, -0.15) is 0 Å². The molecule has 180 valence electrons. The van der Waals surface area contributed by atoms with E-state index in [4.69, 9.17) is 9.47 Å². The van der Waals surface area contributed by atoms with E-state index in [1.165, 1.54) is 11.8 Å². The molecule has 0 unspecified atom stereocenters. The van der Waals surface area contributed by atoms with Crippen molar-refractivity contribution in [2.75, 3.05) is 12.9 Å². The monoisotopic (exact) mass is 488 g/mol. The largest absolute Gasteiger partial charge is 0.497 e. The van der Waals surface area contributed by atoms with Crippen molar-refractivity contribution < 1.29 is 14.3 Å². The second-order valence-electron chi connectivity index (χ2n) is 7.93. The van der Waals surface area contributed by atoms with Crippen LogP contribution in [0.25, 0.3) is 5.69 Å². The highest BCUT2D eigenvalue weighted by Crippen LogP contribution is 2.26. The molecule has 0 spiro atoms. The van der Waals surface area contributed by atoms with Crippen LogP contribution < -0.4 is 9.47 Å². The number of nitrogens with zero attached hydrogens (tertiary/aromatic N) is 4. The Morgan fingerprint density at radius 3 is 2.46 bits per heavy atom. The van der Waals surface area contributed by atoms with Crippen LogP contribution in [-0.4, -0.2) is 38.0 Å². The summed E-state index contributed by atoms with van der Waals surface area (Å²) in [4.78, 5) is 13.1. The lowest BCUT2D eigenvalue weighted by molar-refractivity contribution is 0.102. The Kier molecular flexibility index (Phi) is 7.72. The highest BCUT2D eigenvalue weighted by Gasteiger charge is 2.19. The predicted molar refractivity (Wildman–Crippen MR) is 138 cm³/mol. The Morgan fingerprint density at radius 1 is 1.06 bits per heavy atom.